The van der Waals surface area contributed by atoms with E-state index in [0.717, 1.165) is 47.2 Å². The third-order valence-corrected chi connectivity index (χ3v) is 6.91. The Hall–Kier alpha value is -4.99. The highest BCUT2D eigenvalue weighted by Gasteiger charge is 2.21. The second-order valence-electron chi connectivity index (χ2n) is 9.46. The predicted octanol–water partition coefficient (Wildman–Crippen LogP) is 4.97. The molecule has 0 atom stereocenters. The Bertz CT molecular complexity index is 1670. The number of aromatic carboxylic acids is 1. The number of hydrogen-bond donors (Lipinski definition) is 2. The number of para-hydroxylation sites is 1. The normalized spacial score (nSPS) is 11.1. The molecule has 0 saturated carbocycles. The summed E-state index contributed by atoms with van der Waals surface area (Å²) in [6.07, 6.45) is 5.45. The van der Waals surface area contributed by atoms with Gasteiger partial charge in [-0.15, -0.1) is 10.2 Å². The number of methoxy groups -OCH3 is 1. The minimum Gasteiger partial charge on any atom is -0.495 e. The number of nitrogens with one attached hydrogen (secondary N) is 1. The summed E-state index contributed by atoms with van der Waals surface area (Å²) in [5.74, 6) is -0.289. The molecular formula is C30H30N6O4. The van der Waals surface area contributed by atoms with E-state index in [-0.39, 0.29) is 16.9 Å². The second-order valence-corrected chi connectivity index (χ2v) is 9.46. The molecule has 0 bridgehead atoms. The summed E-state index contributed by atoms with van der Waals surface area (Å²) in [6, 6.07) is 20.6. The summed E-state index contributed by atoms with van der Waals surface area (Å²) in [4.78, 5) is 25.8. The smallest absolute Gasteiger partial charge is 0.337 e. The van der Waals surface area contributed by atoms with Gasteiger partial charge >= 0.3 is 11.7 Å². The third kappa shape index (κ3) is 5.28. The average molecular weight is 539 g/mol. The van der Waals surface area contributed by atoms with Gasteiger partial charge in [-0.3, -0.25) is 9.13 Å². The van der Waals surface area contributed by atoms with Gasteiger partial charge in [0.25, 0.3) is 0 Å². The number of hydrogen-bond acceptors (Lipinski definition) is 6. The first-order valence-corrected chi connectivity index (χ1v) is 13.2. The van der Waals surface area contributed by atoms with Crippen LogP contribution >= 0.6 is 0 Å². The molecule has 10 heteroatoms. The summed E-state index contributed by atoms with van der Waals surface area (Å²) in [5.41, 5.74) is 4.51. The maximum Gasteiger partial charge on any atom is 0.337 e. The summed E-state index contributed by atoms with van der Waals surface area (Å²) in [6.45, 7) is 2.47. The van der Waals surface area contributed by atoms with Crippen molar-refractivity contribution in [3.05, 3.63) is 100 Å². The van der Waals surface area contributed by atoms with Crippen LogP contribution in [-0.2, 0) is 13.0 Å². The van der Waals surface area contributed by atoms with Gasteiger partial charge in [0, 0.05) is 17.5 Å². The van der Waals surface area contributed by atoms with Gasteiger partial charge in [0.15, 0.2) is 0 Å². The van der Waals surface area contributed by atoms with Gasteiger partial charge in [-0.1, -0.05) is 74.4 Å². The van der Waals surface area contributed by atoms with Crippen LogP contribution in [0.3, 0.4) is 0 Å². The minimum atomic E-state index is -1.13. The average Bonchev–Trinajstić information content (AvgIpc) is 3.62. The van der Waals surface area contributed by atoms with Gasteiger partial charge in [0.2, 0.25) is 5.82 Å². The second kappa shape index (κ2) is 11.8. The number of nitrogens with zero attached hydrogens (tertiary/aromatic N) is 5. The molecule has 10 nitrogen and oxygen atoms in total. The van der Waals surface area contributed by atoms with E-state index in [4.69, 9.17) is 4.74 Å². The first-order valence-electron chi connectivity index (χ1n) is 13.2. The number of imidazole rings is 1. The van der Waals surface area contributed by atoms with E-state index in [0.29, 0.717) is 24.5 Å². The first-order chi connectivity index (χ1) is 19.5. The van der Waals surface area contributed by atoms with Crippen molar-refractivity contribution < 1.29 is 14.6 Å². The van der Waals surface area contributed by atoms with Gasteiger partial charge in [0.1, 0.15) is 11.4 Å². The molecule has 0 spiro atoms. The Labute approximate surface area is 230 Å². The number of tetrazole rings is 1. The Kier molecular flexibility index (Phi) is 7.86. The zero-order valence-electron chi connectivity index (χ0n) is 22.4. The highest BCUT2D eigenvalue weighted by molar-refractivity contribution is 5.93. The summed E-state index contributed by atoms with van der Waals surface area (Å²) in [5, 5.41) is 24.2. The number of unbranched alkanes of at least 4 members (excludes halogenated alkanes) is 2. The van der Waals surface area contributed by atoms with Crippen LogP contribution in [-0.4, -0.2) is 47.9 Å². The highest BCUT2D eigenvalue weighted by Crippen LogP contribution is 2.30. The molecule has 5 rings (SSSR count). The molecule has 2 N–H and O–H groups in total. The van der Waals surface area contributed by atoms with Gasteiger partial charge in [-0.05, 0) is 46.9 Å². The Balaban J connectivity index is 1.52. The van der Waals surface area contributed by atoms with Gasteiger partial charge in [0.05, 0.1) is 19.2 Å². The van der Waals surface area contributed by atoms with Crippen LogP contribution in [0.4, 0.5) is 0 Å². The molecule has 2 heterocycles. The minimum absolute atomic E-state index is 0.00308. The first kappa shape index (κ1) is 26.6. The number of carboxylic acid groups (broad SMARTS) is 1. The van der Waals surface area contributed by atoms with E-state index in [1.54, 1.807) is 22.9 Å². The fourth-order valence-electron chi connectivity index (χ4n) is 4.90. The molecule has 0 aliphatic rings. The van der Waals surface area contributed by atoms with E-state index in [1.807, 2.05) is 48.5 Å². The number of aromatic nitrogens is 6. The van der Waals surface area contributed by atoms with Gasteiger partial charge in [-0.25, -0.2) is 9.59 Å². The molecule has 0 amide bonds. The molecule has 0 fully saturated rings. The topological polar surface area (TPSA) is 128 Å². The fourth-order valence-corrected chi connectivity index (χ4v) is 4.90. The van der Waals surface area contributed by atoms with Crippen molar-refractivity contribution in [1.29, 1.82) is 0 Å². The van der Waals surface area contributed by atoms with Gasteiger partial charge < -0.3 is 9.84 Å². The predicted molar refractivity (Wildman–Crippen MR) is 151 cm³/mol. The number of benzene rings is 3. The van der Waals surface area contributed by atoms with E-state index >= 15 is 0 Å². The Morgan fingerprint density at radius 1 is 1.00 bits per heavy atom. The lowest BCUT2D eigenvalue weighted by Gasteiger charge is -2.11. The van der Waals surface area contributed by atoms with Crippen molar-refractivity contribution >= 4 is 5.97 Å². The van der Waals surface area contributed by atoms with Crippen LogP contribution in [0.15, 0.2) is 77.7 Å². The monoisotopic (exact) mass is 538 g/mol. The van der Waals surface area contributed by atoms with Crippen LogP contribution in [0.25, 0.3) is 28.2 Å². The van der Waals surface area contributed by atoms with Crippen molar-refractivity contribution in [2.75, 3.05) is 7.11 Å². The standard InChI is InChI=1S/C30H30N6O4/c1-3-4-5-9-22-19-36(27-25(29(37)38)12-8-13-26(27)40-2)30(39)35(22)18-20-14-16-21(17-15-20)23-10-6-7-11-24(23)28-31-33-34-32-28/h6-8,10-17,19H,3-5,9,18H2,1-2H3,(H,37,38)(H,31,32,33,34). The van der Waals surface area contributed by atoms with Crippen LogP contribution in [0.2, 0.25) is 0 Å². The molecule has 204 valence electrons. The maximum absolute atomic E-state index is 13.8. The molecular weight excluding hydrogens is 508 g/mol. The lowest BCUT2D eigenvalue weighted by Crippen LogP contribution is -2.26. The highest BCUT2D eigenvalue weighted by atomic mass is 16.5. The summed E-state index contributed by atoms with van der Waals surface area (Å²) >= 11 is 0. The molecule has 5 aromatic rings. The number of ether oxygens (including phenoxy) is 1. The third-order valence-electron chi connectivity index (χ3n) is 6.91. The number of aryl methyl sites for hydroxylation is 1. The van der Waals surface area contributed by atoms with E-state index in [2.05, 4.69) is 27.5 Å². The number of H-pyrrole nitrogens is 1. The van der Waals surface area contributed by atoms with Crippen LogP contribution in [0.1, 0.15) is 47.8 Å². The maximum atomic E-state index is 13.8. The van der Waals surface area contributed by atoms with E-state index < -0.39 is 5.97 Å². The molecule has 0 unspecified atom stereocenters. The molecule has 0 radical (unpaired) electrons. The van der Waals surface area contributed by atoms with Crippen molar-refractivity contribution in [2.24, 2.45) is 0 Å². The lowest BCUT2D eigenvalue weighted by atomic mass is 9.98. The zero-order valence-corrected chi connectivity index (χ0v) is 22.4. The number of aromatic amines is 1. The quantitative estimate of drug-likeness (QED) is 0.227. The molecule has 0 aliphatic carbocycles. The van der Waals surface area contributed by atoms with Crippen LogP contribution < -0.4 is 10.4 Å². The van der Waals surface area contributed by atoms with Gasteiger partial charge in [-0.2, -0.15) is 5.21 Å². The summed E-state index contributed by atoms with van der Waals surface area (Å²) in [7, 11) is 1.47. The largest absolute Gasteiger partial charge is 0.495 e. The van der Waals surface area contributed by atoms with E-state index in [1.165, 1.54) is 17.7 Å². The molecule has 40 heavy (non-hydrogen) atoms. The van der Waals surface area contributed by atoms with Crippen LogP contribution in [0, 0.1) is 0 Å². The van der Waals surface area contributed by atoms with Crippen molar-refractivity contribution in [3.8, 4) is 34.0 Å². The number of carboxylic acids is 1. The zero-order chi connectivity index (χ0) is 28.1. The van der Waals surface area contributed by atoms with E-state index in [9.17, 15) is 14.7 Å². The number of rotatable bonds is 11. The van der Waals surface area contributed by atoms with Crippen molar-refractivity contribution in [3.63, 3.8) is 0 Å². The summed E-state index contributed by atoms with van der Waals surface area (Å²) < 4.78 is 8.58. The van der Waals surface area contributed by atoms with Crippen LogP contribution in [0.5, 0.6) is 5.75 Å². The Morgan fingerprint density at radius 2 is 1.77 bits per heavy atom. The molecule has 0 aliphatic heterocycles. The molecule has 0 saturated heterocycles. The van der Waals surface area contributed by atoms with Crippen molar-refractivity contribution in [2.45, 2.75) is 39.2 Å². The Morgan fingerprint density at radius 3 is 2.45 bits per heavy atom. The fraction of sp³-hybridized carbons (Fsp3) is 0.233. The van der Waals surface area contributed by atoms with Crippen molar-refractivity contribution in [1.82, 2.24) is 29.8 Å². The lowest BCUT2D eigenvalue weighted by molar-refractivity contribution is 0.0696. The SMILES string of the molecule is CCCCCc1cn(-c2c(OC)cccc2C(=O)O)c(=O)n1Cc1ccc(-c2ccccc2-c2nn[nH]n2)cc1. The number of carbonyl (C=O) groups is 1. The molecule has 2 aromatic heterocycles. The molecule has 3 aromatic carbocycles.